The number of benzene rings is 1. The topological polar surface area (TPSA) is 56.7 Å². The third kappa shape index (κ3) is 5.34. The van der Waals surface area contributed by atoms with E-state index in [2.05, 4.69) is 52.5 Å². The van der Waals surface area contributed by atoms with Gasteiger partial charge in [-0.1, -0.05) is 49.2 Å². The van der Waals surface area contributed by atoms with E-state index >= 15 is 0 Å². The number of amides is 1. The lowest BCUT2D eigenvalue weighted by Gasteiger charge is -2.30. The van der Waals surface area contributed by atoms with Crippen molar-refractivity contribution in [1.82, 2.24) is 15.5 Å². The van der Waals surface area contributed by atoms with Crippen LogP contribution in [0, 0.1) is 0 Å². The zero-order valence-corrected chi connectivity index (χ0v) is 15.4. The predicted octanol–water partition coefficient (Wildman–Crippen LogP) is 2.31. The lowest BCUT2D eigenvalue weighted by Crippen LogP contribution is -2.45. The van der Waals surface area contributed by atoms with Gasteiger partial charge in [-0.3, -0.25) is 4.79 Å². The van der Waals surface area contributed by atoms with Crippen molar-refractivity contribution in [3.63, 3.8) is 0 Å². The first kappa shape index (κ1) is 19.0. The molecule has 1 saturated carbocycles. The first-order valence-electron chi connectivity index (χ1n) is 8.96. The van der Waals surface area contributed by atoms with Crippen molar-refractivity contribution >= 4 is 11.9 Å². The second-order valence-corrected chi connectivity index (χ2v) is 6.83. The number of aliphatic imine (C=N–C) groups is 1. The fourth-order valence-corrected chi connectivity index (χ4v) is 3.30. The van der Waals surface area contributed by atoms with Crippen LogP contribution in [0.5, 0.6) is 0 Å². The third-order valence-electron chi connectivity index (χ3n) is 4.83. The number of carbonyl (C=O) groups is 1. The molecule has 1 aromatic rings. The smallest absolute Gasteiger partial charge is 0.243 e. The molecule has 2 N–H and O–H groups in total. The minimum absolute atomic E-state index is 0.0154. The van der Waals surface area contributed by atoms with Crippen molar-refractivity contribution < 1.29 is 4.79 Å². The summed E-state index contributed by atoms with van der Waals surface area (Å²) in [7, 11) is 3.48. The van der Waals surface area contributed by atoms with Crippen molar-refractivity contribution in [2.24, 2.45) is 4.99 Å². The number of hydrogen-bond donors (Lipinski definition) is 2. The highest BCUT2D eigenvalue weighted by molar-refractivity contribution is 5.84. The summed E-state index contributed by atoms with van der Waals surface area (Å²) in [6.45, 7) is 5.30. The van der Waals surface area contributed by atoms with Crippen molar-refractivity contribution in [2.75, 3.05) is 33.7 Å². The van der Waals surface area contributed by atoms with Gasteiger partial charge in [0.15, 0.2) is 5.96 Å². The Morgan fingerprint density at radius 2 is 1.92 bits per heavy atom. The summed E-state index contributed by atoms with van der Waals surface area (Å²) in [5.74, 6) is 0.649. The van der Waals surface area contributed by atoms with E-state index in [-0.39, 0.29) is 17.9 Å². The summed E-state index contributed by atoms with van der Waals surface area (Å²) < 4.78 is 0. The molecule has 25 heavy (non-hydrogen) atoms. The summed E-state index contributed by atoms with van der Waals surface area (Å²) >= 11 is 0. The summed E-state index contributed by atoms with van der Waals surface area (Å²) in [6.07, 6.45) is 6.64. The Morgan fingerprint density at radius 3 is 2.52 bits per heavy atom. The molecule has 0 saturated heterocycles. The van der Waals surface area contributed by atoms with Gasteiger partial charge in [0.1, 0.15) is 6.54 Å². The van der Waals surface area contributed by atoms with Crippen LogP contribution in [0.1, 0.15) is 31.2 Å². The Balaban J connectivity index is 2.07. The second-order valence-electron chi connectivity index (χ2n) is 6.83. The molecule has 0 spiro atoms. The van der Waals surface area contributed by atoms with Gasteiger partial charge in [0.05, 0.1) is 0 Å². The van der Waals surface area contributed by atoms with Gasteiger partial charge in [-0.25, -0.2) is 4.99 Å². The molecular weight excluding hydrogens is 312 g/mol. The van der Waals surface area contributed by atoms with E-state index in [1.54, 1.807) is 25.1 Å². The molecule has 1 aromatic carbocycles. The molecular formula is C20H30N4O. The largest absolute Gasteiger partial charge is 0.355 e. The molecule has 0 aliphatic heterocycles. The lowest BCUT2D eigenvalue weighted by molar-refractivity contribution is -0.127. The van der Waals surface area contributed by atoms with Crippen LogP contribution in [0.3, 0.4) is 0 Å². The van der Waals surface area contributed by atoms with Crippen molar-refractivity contribution in [2.45, 2.75) is 31.1 Å². The van der Waals surface area contributed by atoms with Gasteiger partial charge in [0.2, 0.25) is 5.91 Å². The van der Waals surface area contributed by atoms with E-state index < -0.39 is 0 Å². The Bertz CT molecular complexity index is 589. The molecule has 0 unspecified atom stereocenters. The van der Waals surface area contributed by atoms with Gasteiger partial charge in [-0.15, -0.1) is 6.58 Å². The number of guanidine groups is 1. The fraction of sp³-hybridized carbons (Fsp3) is 0.500. The summed E-state index contributed by atoms with van der Waals surface area (Å²) in [5.41, 5.74) is 1.52. The van der Waals surface area contributed by atoms with Gasteiger partial charge in [0, 0.05) is 32.6 Å². The average molecular weight is 342 g/mol. The Kier molecular flexibility index (Phi) is 7.04. The van der Waals surface area contributed by atoms with Crippen LogP contribution in [0.25, 0.3) is 0 Å². The molecule has 0 radical (unpaired) electrons. The normalized spacial score (nSPS) is 16.3. The number of nitrogens with one attached hydrogen (secondary N) is 2. The van der Waals surface area contributed by atoms with E-state index in [9.17, 15) is 4.79 Å². The van der Waals surface area contributed by atoms with Crippen LogP contribution in [0.4, 0.5) is 0 Å². The quantitative estimate of drug-likeness (QED) is 0.454. The van der Waals surface area contributed by atoms with Gasteiger partial charge in [-0.2, -0.15) is 0 Å². The van der Waals surface area contributed by atoms with E-state index in [1.165, 1.54) is 31.2 Å². The predicted molar refractivity (Wildman–Crippen MR) is 104 cm³/mol. The summed E-state index contributed by atoms with van der Waals surface area (Å²) in [5, 5.41) is 6.66. The molecule has 2 rings (SSSR count). The highest BCUT2D eigenvalue weighted by atomic mass is 16.2. The first-order chi connectivity index (χ1) is 12.1. The first-order valence-corrected chi connectivity index (χ1v) is 8.96. The number of nitrogens with zero attached hydrogens (tertiary/aromatic N) is 2. The van der Waals surface area contributed by atoms with E-state index in [0.717, 1.165) is 6.54 Å². The molecule has 0 bridgehead atoms. The van der Waals surface area contributed by atoms with Crippen LogP contribution in [0.2, 0.25) is 0 Å². The van der Waals surface area contributed by atoms with Crippen LogP contribution in [0.15, 0.2) is 48.0 Å². The molecule has 1 aliphatic carbocycles. The molecule has 136 valence electrons. The molecule has 1 amide bonds. The molecule has 1 aliphatic rings. The Hall–Kier alpha value is -2.30. The Labute approximate surface area is 151 Å². The zero-order valence-electron chi connectivity index (χ0n) is 15.4. The van der Waals surface area contributed by atoms with Crippen molar-refractivity contribution in [1.29, 1.82) is 0 Å². The van der Waals surface area contributed by atoms with E-state index in [4.69, 9.17) is 0 Å². The number of likely N-dealkylation sites (N-methyl/N-ethyl adjacent to an activating group) is 1. The molecule has 0 aromatic heterocycles. The summed E-state index contributed by atoms with van der Waals surface area (Å²) in [4.78, 5) is 17.8. The molecule has 1 fully saturated rings. The van der Waals surface area contributed by atoms with Crippen LogP contribution >= 0.6 is 0 Å². The molecule has 0 atom stereocenters. The maximum Gasteiger partial charge on any atom is 0.243 e. The molecule has 0 heterocycles. The lowest BCUT2D eigenvalue weighted by atomic mass is 9.79. The van der Waals surface area contributed by atoms with Gasteiger partial charge < -0.3 is 15.5 Å². The zero-order chi connectivity index (χ0) is 18.1. The van der Waals surface area contributed by atoms with Crippen LogP contribution in [-0.2, 0) is 10.2 Å². The molecule has 5 heteroatoms. The van der Waals surface area contributed by atoms with Gasteiger partial charge in [-0.05, 0) is 18.4 Å². The third-order valence-corrected chi connectivity index (χ3v) is 4.83. The minimum atomic E-state index is -0.0154. The maximum atomic E-state index is 11.8. The highest BCUT2D eigenvalue weighted by Crippen LogP contribution is 2.40. The van der Waals surface area contributed by atoms with E-state index in [0.29, 0.717) is 12.5 Å². The maximum absolute atomic E-state index is 11.8. The number of rotatable bonds is 7. The number of hydrogen-bond acceptors (Lipinski definition) is 2. The molecule has 5 nitrogen and oxygen atoms in total. The van der Waals surface area contributed by atoms with Crippen molar-refractivity contribution in [3.05, 3.63) is 48.6 Å². The average Bonchev–Trinajstić information content (AvgIpc) is 3.11. The van der Waals surface area contributed by atoms with Gasteiger partial charge >= 0.3 is 0 Å². The second kappa shape index (κ2) is 9.25. The summed E-state index contributed by atoms with van der Waals surface area (Å²) in [6, 6.07) is 10.7. The van der Waals surface area contributed by atoms with Crippen LogP contribution < -0.4 is 10.6 Å². The van der Waals surface area contributed by atoms with Gasteiger partial charge in [0.25, 0.3) is 0 Å². The van der Waals surface area contributed by atoms with Crippen molar-refractivity contribution in [3.8, 4) is 0 Å². The van der Waals surface area contributed by atoms with E-state index in [1.807, 2.05) is 0 Å². The SMILES string of the molecule is C=CCNC(=NCC(=O)N(C)C)NCC1(c2ccccc2)CCCC1. The Morgan fingerprint density at radius 1 is 1.24 bits per heavy atom. The minimum Gasteiger partial charge on any atom is -0.355 e. The monoisotopic (exact) mass is 342 g/mol. The number of carbonyl (C=O) groups excluding carboxylic acids is 1. The van der Waals surface area contributed by atoms with Crippen LogP contribution in [-0.4, -0.2) is 50.5 Å². The fourth-order valence-electron chi connectivity index (χ4n) is 3.30. The standard InChI is InChI=1S/C20H30N4O/c1-4-14-21-19(22-15-18(25)24(2)3)23-16-20(12-8-9-13-20)17-10-6-5-7-11-17/h4-7,10-11H,1,8-9,12-16H2,2-3H3,(H2,21,22,23). The highest BCUT2D eigenvalue weighted by Gasteiger charge is 2.35.